The minimum Gasteiger partial charge on any atom is -0.481 e. The summed E-state index contributed by atoms with van der Waals surface area (Å²) in [6.07, 6.45) is 2.34. The van der Waals surface area contributed by atoms with Gasteiger partial charge in [-0.25, -0.2) is 0 Å². The fourth-order valence-corrected chi connectivity index (χ4v) is 1.65. The second-order valence-corrected chi connectivity index (χ2v) is 3.31. The first kappa shape index (κ1) is 9.10. The Bertz CT molecular complexity index is 201. The van der Waals surface area contributed by atoms with Crippen LogP contribution in [0.25, 0.3) is 0 Å². The molecule has 1 aliphatic rings. The number of rotatable bonds is 3. The van der Waals surface area contributed by atoms with Gasteiger partial charge in [0, 0.05) is 18.3 Å². The van der Waals surface area contributed by atoms with E-state index in [1.807, 2.05) is 6.92 Å². The van der Waals surface area contributed by atoms with E-state index in [0.29, 0.717) is 0 Å². The molecule has 68 valence electrons. The van der Waals surface area contributed by atoms with E-state index in [9.17, 15) is 4.79 Å². The number of carbonyl (C=O) groups is 1. The van der Waals surface area contributed by atoms with Crippen LogP contribution in [-0.4, -0.2) is 28.6 Å². The summed E-state index contributed by atoms with van der Waals surface area (Å²) in [5, 5.41) is 8.57. The summed E-state index contributed by atoms with van der Waals surface area (Å²) in [7, 11) is 0. The van der Waals surface area contributed by atoms with Gasteiger partial charge in [0.2, 0.25) is 0 Å². The Morgan fingerprint density at radius 2 is 2.50 bits per heavy atom. The molecule has 1 rings (SSSR count). The maximum Gasteiger partial charge on any atom is 0.305 e. The van der Waals surface area contributed by atoms with Crippen LogP contribution in [-0.2, 0) is 4.79 Å². The summed E-state index contributed by atoms with van der Waals surface area (Å²) in [5.74, 6) is -0.734. The van der Waals surface area contributed by atoms with Crippen LogP contribution in [0.3, 0.4) is 0 Å². The highest BCUT2D eigenvalue weighted by molar-refractivity contribution is 5.67. The van der Waals surface area contributed by atoms with Crippen molar-refractivity contribution in [2.75, 3.05) is 6.54 Å². The molecule has 0 bridgehead atoms. The number of aliphatic carboxylic acids is 1. The van der Waals surface area contributed by atoms with Crippen LogP contribution in [0.2, 0.25) is 0 Å². The third-order valence-corrected chi connectivity index (χ3v) is 2.27. The van der Waals surface area contributed by atoms with Gasteiger partial charge in [0.1, 0.15) is 0 Å². The highest BCUT2D eigenvalue weighted by Gasteiger charge is 2.21. The molecule has 0 aromatic rings. The summed E-state index contributed by atoms with van der Waals surface area (Å²) in [6, 6.07) is 0.0949. The quantitative estimate of drug-likeness (QED) is 0.695. The maximum atomic E-state index is 10.4. The molecular formula is C9H15NO2. The van der Waals surface area contributed by atoms with Crippen LogP contribution >= 0.6 is 0 Å². The minimum absolute atomic E-state index is 0.0949. The zero-order valence-corrected chi connectivity index (χ0v) is 7.42. The zero-order valence-electron chi connectivity index (χ0n) is 7.42. The van der Waals surface area contributed by atoms with Gasteiger partial charge in [0.15, 0.2) is 0 Å². The summed E-state index contributed by atoms with van der Waals surface area (Å²) < 4.78 is 0. The highest BCUT2D eigenvalue weighted by atomic mass is 16.4. The van der Waals surface area contributed by atoms with Gasteiger partial charge in [-0.15, -0.1) is 0 Å². The van der Waals surface area contributed by atoms with Gasteiger partial charge in [-0.3, -0.25) is 4.79 Å². The number of carboxylic acid groups (broad SMARTS) is 1. The Morgan fingerprint density at radius 3 is 2.92 bits per heavy atom. The molecule has 1 aliphatic heterocycles. The second-order valence-electron chi connectivity index (χ2n) is 3.31. The molecule has 0 aromatic carbocycles. The smallest absolute Gasteiger partial charge is 0.305 e. The van der Waals surface area contributed by atoms with Gasteiger partial charge in [-0.2, -0.15) is 0 Å². The van der Waals surface area contributed by atoms with Crippen LogP contribution in [0.15, 0.2) is 12.3 Å². The van der Waals surface area contributed by atoms with Crippen molar-refractivity contribution in [3.8, 4) is 0 Å². The van der Waals surface area contributed by atoms with Crippen molar-refractivity contribution in [3.63, 3.8) is 0 Å². The lowest BCUT2D eigenvalue weighted by Crippen LogP contribution is -2.30. The number of likely N-dealkylation sites (tertiary alicyclic amines) is 1. The summed E-state index contributed by atoms with van der Waals surface area (Å²) in [4.78, 5) is 12.5. The molecule has 12 heavy (non-hydrogen) atoms. The maximum absolute atomic E-state index is 10.4. The van der Waals surface area contributed by atoms with Crippen molar-refractivity contribution in [1.29, 1.82) is 0 Å². The molecule has 3 nitrogen and oxygen atoms in total. The summed E-state index contributed by atoms with van der Waals surface area (Å²) in [6.45, 7) is 6.80. The highest BCUT2D eigenvalue weighted by Crippen LogP contribution is 2.22. The summed E-state index contributed by atoms with van der Waals surface area (Å²) in [5.41, 5.74) is 1.09. The Labute approximate surface area is 72.7 Å². The third-order valence-electron chi connectivity index (χ3n) is 2.27. The molecule has 0 saturated carbocycles. The largest absolute Gasteiger partial charge is 0.481 e. The molecule has 1 N–H and O–H groups in total. The van der Waals surface area contributed by atoms with Crippen molar-refractivity contribution >= 4 is 5.97 Å². The second kappa shape index (κ2) is 3.61. The molecule has 0 amide bonds. The van der Waals surface area contributed by atoms with Crippen LogP contribution in [0, 0.1) is 0 Å². The number of allylic oxidation sites excluding steroid dienone is 1. The van der Waals surface area contributed by atoms with Gasteiger partial charge in [-0.05, 0) is 19.8 Å². The van der Waals surface area contributed by atoms with E-state index in [2.05, 4.69) is 11.5 Å². The van der Waals surface area contributed by atoms with Gasteiger partial charge in [-0.1, -0.05) is 6.58 Å². The van der Waals surface area contributed by atoms with E-state index in [4.69, 9.17) is 5.11 Å². The molecule has 1 heterocycles. The van der Waals surface area contributed by atoms with Crippen molar-refractivity contribution < 1.29 is 9.90 Å². The Hall–Kier alpha value is -0.990. The van der Waals surface area contributed by atoms with Gasteiger partial charge in [0.05, 0.1) is 6.42 Å². The fraction of sp³-hybridized carbons (Fsp3) is 0.667. The molecule has 0 spiro atoms. The first-order chi connectivity index (χ1) is 5.61. The fourth-order valence-electron chi connectivity index (χ4n) is 1.65. The Kier molecular flexibility index (Phi) is 2.74. The topological polar surface area (TPSA) is 40.5 Å². The predicted octanol–water partition coefficient (Wildman–Crippen LogP) is 1.46. The average molecular weight is 169 g/mol. The number of carboxylic acids is 1. The van der Waals surface area contributed by atoms with E-state index in [0.717, 1.165) is 25.1 Å². The Morgan fingerprint density at radius 1 is 1.83 bits per heavy atom. The first-order valence-corrected chi connectivity index (χ1v) is 4.27. The van der Waals surface area contributed by atoms with Gasteiger partial charge < -0.3 is 10.0 Å². The first-order valence-electron chi connectivity index (χ1n) is 4.27. The normalized spacial score (nSPS) is 19.8. The summed E-state index contributed by atoms with van der Waals surface area (Å²) >= 11 is 0. The van der Waals surface area contributed by atoms with E-state index in [1.54, 1.807) is 0 Å². The molecule has 1 atom stereocenters. The van der Waals surface area contributed by atoms with Crippen molar-refractivity contribution in [3.05, 3.63) is 12.3 Å². The Balaban J connectivity index is 2.45. The number of nitrogens with zero attached hydrogens (tertiary/aromatic N) is 1. The molecule has 0 radical (unpaired) electrons. The SMILES string of the molecule is C=C1CCCN1C(C)CC(=O)O. The van der Waals surface area contributed by atoms with Crippen molar-refractivity contribution in [1.82, 2.24) is 4.90 Å². The van der Waals surface area contributed by atoms with E-state index in [-0.39, 0.29) is 12.5 Å². The molecule has 0 aliphatic carbocycles. The molecule has 1 fully saturated rings. The lowest BCUT2D eigenvalue weighted by molar-refractivity contribution is -0.138. The molecule has 1 unspecified atom stereocenters. The zero-order chi connectivity index (χ0) is 9.14. The monoisotopic (exact) mass is 169 g/mol. The van der Waals surface area contributed by atoms with Crippen molar-refractivity contribution in [2.45, 2.75) is 32.2 Å². The van der Waals surface area contributed by atoms with Crippen molar-refractivity contribution in [2.24, 2.45) is 0 Å². The molecule has 0 aromatic heterocycles. The average Bonchev–Trinajstić information content (AvgIpc) is 2.33. The van der Waals surface area contributed by atoms with Gasteiger partial charge >= 0.3 is 5.97 Å². The molecule has 3 heteroatoms. The third kappa shape index (κ3) is 2.00. The lowest BCUT2D eigenvalue weighted by atomic mass is 10.2. The van der Waals surface area contributed by atoms with Crippen LogP contribution in [0.5, 0.6) is 0 Å². The number of hydrogen-bond donors (Lipinski definition) is 1. The van der Waals surface area contributed by atoms with E-state index >= 15 is 0 Å². The van der Waals surface area contributed by atoms with Crippen LogP contribution in [0.4, 0.5) is 0 Å². The van der Waals surface area contributed by atoms with Crippen LogP contribution < -0.4 is 0 Å². The van der Waals surface area contributed by atoms with Crippen LogP contribution in [0.1, 0.15) is 26.2 Å². The molecule has 1 saturated heterocycles. The van der Waals surface area contributed by atoms with Gasteiger partial charge in [0.25, 0.3) is 0 Å². The minimum atomic E-state index is -0.734. The van der Waals surface area contributed by atoms with E-state index in [1.165, 1.54) is 0 Å². The van der Waals surface area contributed by atoms with E-state index < -0.39 is 5.97 Å². The number of hydrogen-bond acceptors (Lipinski definition) is 2. The predicted molar refractivity (Wildman–Crippen MR) is 46.8 cm³/mol. The molecular weight excluding hydrogens is 154 g/mol. The standard InChI is InChI=1S/C9H15NO2/c1-7-4-3-5-10(7)8(2)6-9(11)12/h8H,1,3-6H2,2H3,(H,11,12). The lowest BCUT2D eigenvalue weighted by Gasteiger charge is -2.25.